The highest BCUT2D eigenvalue weighted by Crippen LogP contribution is 1.74. The van der Waals surface area contributed by atoms with Gasteiger partial charge < -0.3 is 4.43 Å². The van der Waals surface area contributed by atoms with Gasteiger partial charge in [0.05, 0.1) is 0 Å². The number of rotatable bonds is 1. The maximum absolute atomic E-state index is 9.86. The van der Waals surface area contributed by atoms with Crippen LogP contribution in [0.15, 0.2) is 0 Å². The summed E-state index contributed by atoms with van der Waals surface area (Å²) in [5, 5.41) is 0. The molecule has 0 aliphatic heterocycles. The van der Waals surface area contributed by atoms with E-state index in [1.165, 1.54) is 0 Å². The molecule has 0 bridgehead atoms. The van der Waals surface area contributed by atoms with Gasteiger partial charge in [-0.3, -0.25) is 4.79 Å². The molecule has 36 valence electrons. The molecule has 0 aromatic rings. The summed E-state index contributed by atoms with van der Waals surface area (Å²) in [4.78, 5) is 9.86. The summed E-state index contributed by atoms with van der Waals surface area (Å²) < 4.78 is 4.27. The Morgan fingerprint density at radius 2 is 2.50 bits per heavy atom. The molecule has 4 heteroatoms. The number of carbonyl (C=O) groups excluding carboxylic acids is 1. The lowest BCUT2D eigenvalue weighted by atomic mass is 10.8. The standard InChI is InChI=1S/C2H5ClO2Si/c3-1-2(4)5-6/h1H2,6H3. The summed E-state index contributed by atoms with van der Waals surface area (Å²) in [5.74, 6) is -0.355. The third-order valence-corrected chi connectivity index (χ3v) is 1.01. The topological polar surface area (TPSA) is 26.3 Å². The van der Waals surface area contributed by atoms with Crippen molar-refractivity contribution in [2.75, 3.05) is 5.88 Å². The van der Waals surface area contributed by atoms with Gasteiger partial charge in [-0.25, -0.2) is 0 Å². The summed E-state index contributed by atoms with van der Waals surface area (Å²) in [5.41, 5.74) is 0. The summed E-state index contributed by atoms with van der Waals surface area (Å²) in [6, 6.07) is 0. The molecule has 0 heterocycles. The minimum absolute atomic E-state index is 0.0243. The minimum Gasteiger partial charge on any atom is -0.528 e. The van der Waals surface area contributed by atoms with Crippen molar-refractivity contribution in [2.45, 2.75) is 0 Å². The van der Waals surface area contributed by atoms with Crippen LogP contribution in [0.3, 0.4) is 0 Å². The van der Waals surface area contributed by atoms with Gasteiger partial charge >= 0.3 is 5.97 Å². The molecule has 0 radical (unpaired) electrons. The van der Waals surface area contributed by atoms with Crippen LogP contribution in [-0.2, 0) is 9.22 Å². The summed E-state index contributed by atoms with van der Waals surface area (Å²) in [7, 11) is 0.449. The zero-order valence-electron chi connectivity index (χ0n) is 3.40. The zero-order valence-corrected chi connectivity index (χ0v) is 6.16. The third kappa shape index (κ3) is 2.23. The molecule has 0 amide bonds. The fraction of sp³-hybridized carbons (Fsp3) is 0.500. The SMILES string of the molecule is O=C(CCl)O[SiH3]. The molecule has 0 aromatic carbocycles. The van der Waals surface area contributed by atoms with Crippen LogP contribution >= 0.6 is 11.6 Å². The van der Waals surface area contributed by atoms with Crippen molar-refractivity contribution in [2.24, 2.45) is 0 Å². The molecule has 0 aromatic heterocycles. The van der Waals surface area contributed by atoms with Crippen molar-refractivity contribution in [3.05, 3.63) is 0 Å². The first-order valence-corrected chi connectivity index (χ1v) is 2.79. The van der Waals surface area contributed by atoms with E-state index in [1.807, 2.05) is 0 Å². The highest BCUT2D eigenvalue weighted by Gasteiger charge is 1.89. The Balaban J connectivity index is 2.99. The van der Waals surface area contributed by atoms with Crippen molar-refractivity contribution >= 4 is 28.1 Å². The second kappa shape index (κ2) is 3.18. The molecule has 6 heavy (non-hydrogen) atoms. The predicted octanol–water partition coefficient (Wildman–Crippen LogP) is -0.951. The van der Waals surface area contributed by atoms with Crippen molar-refractivity contribution < 1.29 is 9.22 Å². The van der Waals surface area contributed by atoms with E-state index in [-0.39, 0.29) is 11.8 Å². The Kier molecular flexibility index (Phi) is 3.17. The quantitative estimate of drug-likeness (QED) is 0.333. The van der Waals surface area contributed by atoms with Gasteiger partial charge in [-0.2, -0.15) is 0 Å². The highest BCUT2D eigenvalue weighted by molar-refractivity contribution is 6.27. The van der Waals surface area contributed by atoms with Gasteiger partial charge in [0.2, 0.25) is 10.5 Å². The number of hydrogen-bond donors (Lipinski definition) is 0. The third-order valence-electron chi connectivity index (χ3n) is 0.337. The van der Waals surface area contributed by atoms with Crippen LogP contribution in [-0.4, -0.2) is 22.3 Å². The van der Waals surface area contributed by atoms with Gasteiger partial charge in [0, 0.05) is 0 Å². The van der Waals surface area contributed by atoms with Gasteiger partial charge in [0.1, 0.15) is 5.88 Å². The van der Waals surface area contributed by atoms with Gasteiger partial charge in [-0.05, 0) is 0 Å². The van der Waals surface area contributed by atoms with E-state index < -0.39 is 0 Å². The Bertz CT molecular complexity index is 49.5. The molecule has 0 saturated carbocycles. The number of carbonyl (C=O) groups is 1. The van der Waals surface area contributed by atoms with Crippen LogP contribution in [0.1, 0.15) is 0 Å². The Hall–Kier alpha value is -0.0231. The zero-order chi connectivity index (χ0) is 4.99. The first-order valence-electron chi connectivity index (χ1n) is 1.44. The van der Waals surface area contributed by atoms with Crippen molar-refractivity contribution in [1.82, 2.24) is 0 Å². The number of halogens is 1. The van der Waals surface area contributed by atoms with Crippen LogP contribution in [0, 0.1) is 0 Å². The molecule has 2 nitrogen and oxygen atoms in total. The predicted molar refractivity (Wildman–Crippen MR) is 26.8 cm³/mol. The van der Waals surface area contributed by atoms with E-state index in [9.17, 15) is 4.79 Å². The van der Waals surface area contributed by atoms with Crippen LogP contribution in [0.25, 0.3) is 0 Å². The average Bonchev–Trinajstić information content (AvgIpc) is 1.65. The van der Waals surface area contributed by atoms with Crippen LogP contribution in [0.4, 0.5) is 0 Å². The second-order valence-corrected chi connectivity index (χ2v) is 1.39. The summed E-state index contributed by atoms with van der Waals surface area (Å²) in [6.45, 7) is 0. The van der Waals surface area contributed by atoms with Crippen molar-refractivity contribution in [1.29, 1.82) is 0 Å². The molecular formula is C2H5ClO2Si. The van der Waals surface area contributed by atoms with Crippen LogP contribution in [0.2, 0.25) is 0 Å². The fourth-order valence-electron chi connectivity index (χ4n) is 0.0546. The molecule has 0 atom stereocenters. The molecule has 0 aliphatic rings. The molecule has 0 saturated heterocycles. The molecule has 0 aliphatic carbocycles. The van der Waals surface area contributed by atoms with E-state index >= 15 is 0 Å². The lowest BCUT2D eigenvalue weighted by Gasteiger charge is -1.87. The fourth-order valence-corrected chi connectivity index (χ4v) is 0.491. The highest BCUT2D eigenvalue weighted by atomic mass is 35.5. The first-order chi connectivity index (χ1) is 2.81. The lowest BCUT2D eigenvalue weighted by Crippen LogP contribution is -2.00. The van der Waals surface area contributed by atoms with E-state index in [1.54, 1.807) is 0 Å². The monoisotopic (exact) mass is 124 g/mol. The Morgan fingerprint density at radius 3 is 2.50 bits per heavy atom. The molecular weight excluding hydrogens is 120 g/mol. The molecule has 0 rings (SSSR count). The van der Waals surface area contributed by atoms with Gasteiger partial charge in [-0.1, -0.05) is 0 Å². The van der Waals surface area contributed by atoms with Crippen molar-refractivity contribution in [3.8, 4) is 0 Å². The average molecular weight is 125 g/mol. The second-order valence-electron chi connectivity index (χ2n) is 0.710. The maximum atomic E-state index is 9.86. The van der Waals surface area contributed by atoms with E-state index in [4.69, 9.17) is 11.6 Å². The van der Waals surface area contributed by atoms with Crippen molar-refractivity contribution in [3.63, 3.8) is 0 Å². The van der Waals surface area contributed by atoms with E-state index in [0.29, 0.717) is 10.5 Å². The summed E-state index contributed by atoms with van der Waals surface area (Å²) in [6.07, 6.45) is 0. The normalized spacial score (nSPS) is 8.17. The maximum Gasteiger partial charge on any atom is 0.306 e. The lowest BCUT2D eigenvalue weighted by molar-refractivity contribution is -0.131. The Labute approximate surface area is 44.0 Å². The van der Waals surface area contributed by atoms with Crippen LogP contribution < -0.4 is 0 Å². The molecule has 0 spiro atoms. The minimum atomic E-state index is -0.330. The smallest absolute Gasteiger partial charge is 0.306 e. The molecule has 0 N–H and O–H groups in total. The number of alkyl halides is 1. The first kappa shape index (κ1) is 5.98. The van der Waals surface area contributed by atoms with Gasteiger partial charge in [0.25, 0.3) is 0 Å². The van der Waals surface area contributed by atoms with E-state index in [2.05, 4.69) is 4.43 Å². The van der Waals surface area contributed by atoms with Gasteiger partial charge in [-0.15, -0.1) is 11.6 Å². The largest absolute Gasteiger partial charge is 0.528 e. The van der Waals surface area contributed by atoms with Crippen LogP contribution in [0.5, 0.6) is 0 Å². The summed E-state index contributed by atoms with van der Waals surface area (Å²) >= 11 is 5.00. The van der Waals surface area contributed by atoms with E-state index in [0.717, 1.165) is 0 Å². The van der Waals surface area contributed by atoms with Gasteiger partial charge in [0.15, 0.2) is 0 Å². The number of hydrogen-bond acceptors (Lipinski definition) is 2. The molecule has 0 unspecified atom stereocenters. The molecule has 0 fully saturated rings. The Morgan fingerprint density at radius 1 is 2.00 bits per heavy atom.